The third kappa shape index (κ3) is 3.82. The van der Waals surface area contributed by atoms with E-state index < -0.39 is 0 Å². The zero-order chi connectivity index (χ0) is 13.7. The second-order valence-electron chi connectivity index (χ2n) is 4.25. The average molecular weight is 276 g/mol. The summed E-state index contributed by atoms with van der Waals surface area (Å²) in [6, 6.07) is 3.55. The van der Waals surface area contributed by atoms with Gasteiger partial charge < -0.3 is 0 Å². The molecule has 0 aliphatic rings. The number of pyridine rings is 1. The smallest absolute Gasteiger partial charge is 0.259 e. The van der Waals surface area contributed by atoms with E-state index in [1.165, 1.54) is 11.3 Å². The first kappa shape index (κ1) is 13.6. The number of carbonyl (C=O) groups excluding carboxylic acids is 1. The second kappa shape index (κ2) is 6.38. The molecule has 1 amide bonds. The molecule has 0 aliphatic carbocycles. The maximum Gasteiger partial charge on any atom is 0.259 e. The summed E-state index contributed by atoms with van der Waals surface area (Å²) in [4.78, 5) is 16.0. The van der Waals surface area contributed by atoms with E-state index in [0.29, 0.717) is 10.7 Å². The van der Waals surface area contributed by atoms with Gasteiger partial charge in [-0.3, -0.25) is 15.1 Å². The number of anilines is 1. The van der Waals surface area contributed by atoms with Crippen LogP contribution in [0.15, 0.2) is 18.3 Å². The van der Waals surface area contributed by atoms with Gasteiger partial charge in [0.2, 0.25) is 5.13 Å². The number of amides is 1. The zero-order valence-corrected chi connectivity index (χ0v) is 11.8. The first-order chi connectivity index (χ1) is 9.19. The Hall–Kier alpha value is -1.82. The van der Waals surface area contributed by atoms with Gasteiger partial charge in [0.15, 0.2) is 0 Å². The van der Waals surface area contributed by atoms with Crippen molar-refractivity contribution in [1.82, 2.24) is 15.2 Å². The molecular weight excluding hydrogens is 260 g/mol. The van der Waals surface area contributed by atoms with Crippen LogP contribution in [0.2, 0.25) is 0 Å². The van der Waals surface area contributed by atoms with Gasteiger partial charge in [0, 0.05) is 18.3 Å². The van der Waals surface area contributed by atoms with Crippen LogP contribution in [0, 0.1) is 6.92 Å². The van der Waals surface area contributed by atoms with E-state index in [1.54, 1.807) is 12.3 Å². The summed E-state index contributed by atoms with van der Waals surface area (Å²) in [5.41, 5.74) is 1.41. The zero-order valence-electron chi connectivity index (χ0n) is 11.0. The molecule has 2 aromatic heterocycles. The molecule has 19 heavy (non-hydrogen) atoms. The molecule has 5 nitrogen and oxygen atoms in total. The van der Waals surface area contributed by atoms with Gasteiger partial charge >= 0.3 is 0 Å². The van der Waals surface area contributed by atoms with Crippen molar-refractivity contribution in [2.45, 2.75) is 33.1 Å². The van der Waals surface area contributed by atoms with Crippen LogP contribution < -0.4 is 5.32 Å². The van der Waals surface area contributed by atoms with E-state index in [2.05, 4.69) is 27.4 Å². The Labute approximate surface area is 116 Å². The summed E-state index contributed by atoms with van der Waals surface area (Å²) >= 11 is 1.42. The lowest BCUT2D eigenvalue weighted by Gasteiger charge is -2.00. The van der Waals surface area contributed by atoms with Crippen LogP contribution >= 0.6 is 11.3 Å². The molecule has 0 saturated carbocycles. The lowest BCUT2D eigenvalue weighted by Crippen LogP contribution is -2.12. The molecule has 1 N–H and O–H groups in total. The van der Waals surface area contributed by atoms with Crippen LogP contribution in [0.25, 0.3) is 0 Å². The Kier molecular flexibility index (Phi) is 4.57. The number of nitrogens with one attached hydrogen (secondary N) is 1. The van der Waals surface area contributed by atoms with Crippen molar-refractivity contribution >= 4 is 22.4 Å². The van der Waals surface area contributed by atoms with Crippen molar-refractivity contribution in [3.8, 4) is 0 Å². The van der Waals surface area contributed by atoms with Crippen molar-refractivity contribution in [3.63, 3.8) is 0 Å². The Morgan fingerprint density at radius 2 is 2.21 bits per heavy atom. The first-order valence-electron chi connectivity index (χ1n) is 6.25. The minimum absolute atomic E-state index is 0.203. The van der Waals surface area contributed by atoms with Crippen molar-refractivity contribution in [3.05, 3.63) is 34.6 Å². The second-order valence-corrected chi connectivity index (χ2v) is 5.31. The summed E-state index contributed by atoms with van der Waals surface area (Å²) in [5, 5.41) is 12.3. The van der Waals surface area contributed by atoms with Crippen molar-refractivity contribution in [1.29, 1.82) is 0 Å². The Balaban J connectivity index is 1.98. The maximum atomic E-state index is 11.9. The van der Waals surface area contributed by atoms with E-state index in [1.807, 2.05) is 13.0 Å². The molecule has 2 heterocycles. The number of rotatable bonds is 5. The topological polar surface area (TPSA) is 67.8 Å². The van der Waals surface area contributed by atoms with Crippen molar-refractivity contribution in [2.75, 3.05) is 5.32 Å². The van der Waals surface area contributed by atoms with Gasteiger partial charge in [0.05, 0.1) is 5.56 Å². The lowest BCUT2D eigenvalue weighted by atomic mass is 10.2. The van der Waals surface area contributed by atoms with Crippen LogP contribution in [0.4, 0.5) is 5.13 Å². The molecule has 2 aromatic rings. The third-order valence-corrected chi connectivity index (χ3v) is 3.50. The summed E-state index contributed by atoms with van der Waals surface area (Å²) in [6.45, 7) is 4.01. The van der Waals surface area contributed by atoms with Gasteiger partial charge in [-0.05, 0) is 25.5 Å². The standard InChI is InChI=1S/C13H16N4OS/c1-3-4-5-11-16-17-13(19-11)15-12(18)10-7-6-9(2)14-8-10/h6-8H,3-5H2,1-2H3,(H,15,17,18). The monoisotopic (exact) mass is 276 g/mol. The number of hydrogen-bond donors (Lipinski definition) is 1. The quantitative estimate of drug-likeness (QED) is 0.911. The predicted octanol–water partition coefficient (Wildman–Crippen LogP) is 2.84. The summed E-state index contributed by atoms with van der Waals surface area (Å²) in [7, 11) is 0. The maximum absolute atomic E-state index is 11.9. The highest BCUT2D eigenvalue weighted by atomic mass is 32.1. The van der Waals surface area contributed by atoms with E-state index in [0.717, 1.165) is 30.0 Å². The third-order valence-electron chi connectivity index (χ3n) is 2.61. The lowest BCUT2D eigenvalue weighted by molar-refractivity contribution is 0.102. The number of hydrogen-bond acceptors (Lipinski definition) is 5. The first-order valence-corrected chi connectivity index (χ1v) is 7.07. The normalized spacial score (nSPS) is 10.4. The molecule has 2 rings (SSSR count). The van der Waals surface area contributed by atoms with Crippen molar-refractivity contribution < 1.29 is 4.79 Å². The van der Waals surface area contributed by atoms with Crippen LogP contribution in [-0.4, -0.2) is 21.1 Å². The molecule has 0 spiro atoms. The molecule has 0 saturated heterocycles. The van der Waals surface area contributed by atoms with Gasteiger partial charge in [-0.1, -0.05) is 24.7 Å². The number of nitrogens with zero attached hydrogens (tertiary/aromatic N) is 3. The Morgan fingerprint density at radius 1 is 1.37 bits per heavy atom. The van der Waals surface area contributed by atoms with Crippen LogP contribution in [0.3, 0.4) is 0 Å². The van der Waals surface area contributed by atoms with Gasteiger partial charge in [-0.15, -0.1) is 10.2 Å². The van der Waals surface area contributed by atoms with Gasteiger partial charge in [0.25, 0.3) is 5.91 Å². The molecule has 0 radical (unpaired) electrons. The SMILES string of the molecule is CCCCc1nnc(NC(=O)c2ccc(C)nc2)s1. The molecule has 0 unspecified atom stereocenters. The predicted molar refractivity (Wildman–Crippen MR) is 75.4 cm³/mol. The van der Waals surface area contributed by atoms with E-state index in [4.69, 9.17) is 0 Å². The van der Waals surface area contributed by atoms with Gasteiger partial charge in [0.1, 0.15) is 5.01 Å². The summed E-state index contributed by atoms with van der Waals surface area (Å²) in [5.74, 6) is -0.203. The van der Waals surface area contributed by atoms with Crippen molar-refractivity contribution in [2.24, 2.45) is 0 Å². The molecule has 0 bridgehead atoms. The molecule has 100 valence electrons. The minimum atomic E-state index is -0.203. The van der Waals surface area contributed by atoms with Gasteiger partial charge in [-0.2, -0.15) is 0 Å². The van der Waals surface area contributed by atoms with E-state index in [9.17, 15) is 4.79 Å². The molecule has 0 fully saturated rings. The Morgan fingerprint density at radius 3 is 2.89 bits per heavy atom. The van der Waals surface area contributed by atoms with Crippen LogP contribution in [0.1, 0.15) is 40.8 Å². The van der Waals surface area contributed by atoms with Crippen LogP contribution in [-0.2, 0) is 6.42 Å². The fraction of sp³-hybridized carbons (Fsp3) is 0.385. The molecular formula is C13H16N4OS. The fourth-order valence-electron chi connectivity index (χ4n) is 1.50. The summed E-state index contributed by atoms with van der Waals surface area (Å²) in [6.07, 6.45) is 4.68. The fourth-order valence-corrected chi connectivity index (χ4v) is 2.28. The molecule has 0 aliphatic heterocycles. The highest BCUT2D eigenvalue weighted by Gasteiger charge is 2.10. The highest BCUT2D eigenvalue weighted by Crippen LogP contribution is 2.17. The Bertz CT molecular complexity index is 550. The van der Waals surface area contributed by atoms with Crippen LogP contribution in [0.5, 0.6) is 0 Å². The molecule has 0 aromatic carbocycles. The molecule has 6 heteroatoms. The number of unbranched alkanes of at least 4 members (excludes halogenated alkanes) is 1. The minimum Gasteiger partial charge on any atom is -0.296 e. The largest absolute Gasteiger partial charge is 0.296 e. The summed E-state index contributed by atoms with van der Waals surface area (Å²) < 4.78 is 0. The number of carbonyl (C=O) groups is 1. The number of aryl methyl sites for hydroxylation is 2. The number of aromatic nitrogens is 3. The van der Waals surface area contributed by atoms with E-state index in [-0.39, 0.29) is 5.91 Å². The van der Waals surface area contributed by atoms with Gasteiger partial charge in [-0.25, -0.2) is 0 Å². The highest BCUT2D eigenvalue weighted by molar-refractivity contribution is 7.15. The van der Waals surface area contributed by atoms with E-state index >= 15 is 0 Å². The average Bonchev–Trinajstić information content (AvgIpc) is 2.84. The molecule has 0 atom stereocenters.